The molecule has 0 atom stereocenters. The fourth-order valence-electron chi connectivity index (χ4n) is 3.78. The minimum absolute atomic E-state index is 0.0839. The minimum atomic E-state index is -0.961. The molecule has 1 aromatic carbocycles. The van der Waals surface area contributed by atoms with E-state index in [2.05, 4.69) is 0 Å². The van der Waals surface area contributed by atoms with Gasteiger partial charge in [-0.3, -0.25) is 9.59 Å². The summed E-state index contributed by atoms with van der Waals surface area (Å²) in [6, 6.07) is 6.48. The lowest BCUT2D eigenvalue weighted by Gasteiger charge is -2.36. The number of carboxylic acid groups (broad SMARTS) is 1. The van der Waals surface area contributed by atoms with Gasteiger partial charge in [0.2, 0.25) is 11.8 Å². The van der Waals surface area contributed by atoms with Gasteiger partial charge in [0.05, 0.1) is 12.0 Å². The fourth-order valence-corrected chi connectivity index (χ4v) is 3.78. The van der Waals surface area contributed by atoms with Gasteiger partial charge in [0, 0.05) is 32.6 Å². The maximum atomic E-state index is 12.5. The van der Waals surface area contributed by atoms with E-state index in [-0.39, 0.29) is 17.4 Å². The molecule has 1 N–H and O–H groups in total. The van der Waals surface area contributed by atoms with Crippen LogP contribution in [0.25, 0.3) is 0 Å². The van der Waals surface area contributed by atoms with Crippen molar-refractivity contribution < 1.29 is 19.5 Å². The Morgan fingerprint density at radius 1 is 1.04 bits per heavy atom. The molecule has 26 heavy (non-hydrogen) atoms. The number of carbonyl (C=O) groups is 3. The molecule has 6 heteroatoms. The first-order valence-corrected chi connectivity index (χ1v) is 9.40. The van der Waals surface area contributed by atoms with E-state index < -0.39 is 5.97 Å². The van der Waals surface area contributed by atoms with E-state index >= 15 is 0 Å². The van der Waals surface area contributed by atoms with Gasteiger partial charge in [-0.15, -0.1) is 0 Å². The van der Waals surface area contributed by atoms with Crippen molar-refractivity contribution in [3.8, 4) is 0 Å². The third-order valence-corrected chi connectivity index (χ3v) is 5.42. The number of likely N-dealkylation sites (tertiary alicyclic amines) is 2. The molecule has 2 heterocycles. The molecule has 3 rings (SSSR count). The summed E-state index contributed by atoms with van der Waals surface area (Å²) in [6.07, 6.45) is 4.97. The van der Waals surface area contributed by atoms with Gasteiger partial charge >= 0.3 is 5.97 Å². The smallest absolute Gasteiger partial charge is 0.335 e. The first kappa shape index (κ1) is 18.4. The predicted octanol–water partition coefficient (Wildman–Crippen LogP) is 2.18. The van der Waals surface area contributed by atoms with Gasteiger partial charge in [-0.2, -0.15) is 0 Å². The number of piperidine rings is 2. The number of benzene rings is 1. The lowest BCUT2D eigenvalue weighted by molar-refractivity contribution is -0.136. The Bertz CT molecular complexity index is 663. The molecule has 0 spiro atoms. The van der Waals surface area contributed by atoms with E-state index in [9.17, 15) is 14.4 Å². The highest BCUT2D eigenvalue weighted by molar-refractivity contribution is 5.87. The van der Waals surface area contributed by atoms with Crippen LogP contribution >= 0.6 is 0 Å². The first-order chi connectivity index (χ1) is 12.5. The zero-order valence-electron chi connectivity index (χ0n) is 15.0. The van der Waals surface area contributed by atoms with Crippen molar-refractivity contribution >= 4 is 17.8 Å². The molecular weight excluding hydrogens is 332 g/mol. The molecule has 2 saturated heterocycles. The van der Waals surface area contributed by atoms with E-state index in [1.54, 1.807) is 12.1 Å². The van der Waals surface area contributed by atoms with Crippen LogP contribution in [-0.2, 0) is 16.0 Å². The van der Waals surface area contributed by atoms with Crippen LogP contribution in [0.5, 0.6) is 0 Å². The monoisotopic (exact) mass is 358 g/mol. The van der Waals surface area contributed by atoms with Crippen molar-refractivity contribution in [1.29, 1.82) is 0 Å². The van der Waals surface area contributed by atoms with E-state index in [4.69, 9.17) is 5.11 Å². The highest BCUT2D eigenvalue weighted by Gasteiger charge is 2.26. The largest absolute Gasteiger partial charge is 0.478 e. The standard InChI is InChI=1S/C20H26N2O4/c23-18-3-1-2-10-22(18)14-16-8-11-21(12-9-16)19(24)13-15-4-6-17(7-5-15)20(25)26/h4-7,16H,1-3,8-14H2,(H,25,26). The Morgan fingerprint density at radius 3 is 2.35 bits per heavy atom. The molecule has 0 aromatic heterocycles. The van der Waals surface area contributed by atoms with Crippen molar-refractivity contribution in [2.75, 3.05) is 26.2 Å². The Kier molecular flexibility index (Phi) is 5.91. The Hall–Kier alpha value is -2.37. The van der Waals surface area contributed by atoms with Crippen LogP contribution in [0, 0.1) is 5.92 Å². The average Bonchev–Trinajstić information content (AvgIpc) is 2.64. The second-order valence-electron chi connectivity index (χ2n) is 7.30. The van der Waals surface area contributed by atoms with Crippen LogP contribution in [0.2, 0.25) is 0 Å². The number of hydrogen-bond donors (Lipinski definition) is 1. The summed E-state index contributed by atoms with van der Waals surface area (Å²) in [5, 5.41) is 8.92. The third-order valence-electron chi connectivity index (χ3n) is 5.42. The number of nitrogens with zero attached hydrogens (tertiary/aromatic N) is 2. The van der Waals surface area contributed by atoms with Crippen molar-refractivity contribution in [1.82, 2.24) is 9.80 Å². The van der Waals surface area contributed by atoms with E-state index in [0.29, 0.717) is 18.8 Å². The summed E-state index contributed by atoms with van der Waals surface area (Å²) in [5.41, 5.74) is 1.07. The van der Waals surface area contributed by atoms with Crippen molar-refractivity contribution in [3.05, 3.63) is 35.4 Å². The zero-order chi connectivity index (χ0) is 18.5. The summed E-state index contributed by atoms with van der Waals surface area (Å²) in [4.78, 5) is 39.2. The average molecular weight is 358 g/mol. The van der Waals surface area contributed by atoms with Crippen LogP contribution in [0.4, 0.5) is 0 Å². The zero-order valence-corrected chi connectivity index (χ0v) is 15.0. The Balaban J connectivity index is 1.45. The molecule has 0 unspecified atom stereocenters. The molecule has 2 aliphatic heterocycles. The summed E-state index contributed by atoms with van der Waals surface area (Å²) < 4.78 is 0. The van der Waals surface area contributed by atoms with Crippen molar-refractivity contribution in [3.63, 3.8) is 0 Å². The van der Waals surface area contributed by atoms with Crippen LogP contribution < -0.4 is 0 Å². The van der Waals surface area contributed by atoms with E-state index in [1.165, 1.54) is 12.1 Å². The van der Waals surface area contributed by atoms with E-state index in [0.717, 1.165) is 57.4 Å². The molecule has 6 nitrogen and oxygen atoms in total. The van der Waals surface area contributed by atoms with Crippen LogP contribution in [0.3, 0.4) is 0 Å². The molecule has 0 saturated carbocycles. The molecule has 0 bridgehead atoms. The van der Waals surface area contributed by atoms with Gasteiger partial charge in [-0.05, 0) is 49.3 Å². The quantitative estimate of drug-likeness (QED) is 0.875. The van der Waals surface area contributed by atoms with Crippen molar-refractivity contribution in [2.45, 2.75) is 38.5 Å². The van der Waals surface area contributed by atoms with Gasteiger partial charge in [0.25, 0.3) is 0 Å². The Morgan fingerprint density at radius 2 is 1.73 bits per heavy atom. The maximum Gasteiger partial charge on any atom is 0.335 e. The summed E-state index contributed by atoms with van der Waals surface area (Å²) in [5.74, 6) is -0.117. The van der Waals surface area contributed by atoms with Crippen LogP contribution in [0.15, 0.2) is 24.3 Å². The molecule has 140 valence electrons. The van der Waals surface area contributed by atoms with Gasteiger partial charge in [-0.25, -0.2) is 4.79 Å². The molecule has 0 aliphatic carbocycles. The molecule has 2 fully saturated rings. The summed E-state index contributed by atoms with van der Waals surface area (Å²) in [6.45, 7) is 3.18. The molecular formula is C20H26N2O4. The van der Waals surface area contributed by atoms with Gasteiger partial charge in [0.1, 0.15) is 0 Å². The summed E-state index contributed by atoms with van der Waals surface area (Å²) >= 11 is 0. The Labute approximate surface area is 153 Å². The van der Waals surface area contributed by atoms with Crippen molar-refractivity contribution in [2.24, 2.45) is 5.92 Å². The third kappa shape index (κ3) is 4.62. The predicted molar refractivity (Wildman–Crippen MR) is 96.8 cm³/mol. The number of carbonyl (C=O) groups excluding carboxylic acids is 2. The molecule has 2 aliphatic rings. The van der Waals surface area contributed by atoms with Gasteiger partial charge in [-0.1, -0.05) is 12.1 Å². The minimum Gasteiger partial charge on any atom is -0.478 e. The first-order valence-electron chi connectivity index (χ1n) is 9.40. The number of amides is 2. The van der Waals surface area contributed by atoms with Gasteiger partial charge < -0.3 is 14.9 Å². The number of aromatic carboxylic acids is 1. The van der Waals surface area contributed by atoms with Gasteiger partial charge in [0.15, 0.2) is 0 Å². The van der Waals surface area contributed by atoms with Crippen LogP contribution in [0.1, 0.15) is 48.0 Å². The topological polar surface area (TPSA) is 77.9 Å². The number of hydrogen-bond acceptors (Lipinski definition) is 3. The van der Waals surface area contributed by atoms with E-state index in [1.807, 2.05) is 9.80 Å². The highest BCUT2D eigenvalue weighted by Crippen LogP contribution is 2.21. The second kappa shape index (κ2) is 8.34. The SMILES string of the molecule is O=C(O)c1ccc(CC(=O)N2CCC(CN3CCCCC3=O)CC2)cc1. The fraction of sp³-hybridized carbons (Fsp3) is 0.550. The second-order valence-corrected chi connectivity index (χ2v) is 7.30. The van der Waals surface area contributed by atoms with Crippen LogP contribution in [-0.4, -0.2) is 58.9 Å². The lowest BCUT2D eigenvalue weighted by atomic mass is 9.94. The lowest BCUT2D eigenvalue weighted by Crippen LogP contribution is -2.44. The molecule has 2 amide bonds. The highest BCUT2D eigenvalue weighted by atomic mass is 16.4. The number of rotatable bonds is 5. The number of carboxylic acids is 1. The molecule has 0 radical (unpaired) electrons. The summed E-state index contributed by atoms with van der Waals surface area (Å²) in [7, 11) is 0. The molecule has 1 aromatic rings. The normalized spacial score (nSPS) is 18.8. The maximum absolute atomic E-state index is 12.5.